The van der Waals surface area contributed by atoms with Crippen molar-refractivity contribution in [3.05, 3.63) is 34.9 Å². The summed E-state index contributed by atoms with van der Waals surface area (Å²) in [7, 11) is 0. The summed E-state index contributed by atoms with van der Waals surface area (Å²) < 4.78 is 5.49. The smallest absolute Gasteiger partial charge is 0.328 e. The van der Waals surface area contributed by atoms with E-state index in [1.807, 2.05) is 13.8 Å². The highest BCUT2D eigenvalue weighted by molar-refractivity contribution is 6.33. The van der Waals surface area contributed by atoms with Gasteiger partial charge in [0.05, 0.1) is 17.2 Å². The highest BCUT2D eigenvalue weighted by Crippen LogP contribution is 2.16. The van der Waals surface area contributed by atoms with Crippen LogP contribution in [0.1, 0.15) is 121 Å². The fourth-order valence-electron chi connectivity index (χ4n) is 3.96. The van der Waals surface area contributed by atoms with Crippen LogP contribution in [0.25, 0.3) is 0 Å². The molecule has 1 aromatic rings. The van der Waals surface area contributed by atoms with E-state index in [2.05, 4.69) is 12.2 Å². The van der Waals surface area contributed by atoms with E-state index in [9.17, 15) is 9.59 Å². The standard InChI is InChI=1S/C28H46ClNO3/c1-4-5-6-7-8-9-10-11-12-13-14-15-18-21-33-28(32)26(22-23(2)3)30-27(31)24-19-16-17-20-25(24)29/h16-17,19-20,23,26H,4-15,18,21-22H2,1-3H3,(H,30,31). The molecule has 0 saturated heterocycles. The second-order valence-electron chi connectivity index (χ2n) is 9.55. The van der Waals surface area contributed by atoms with Crippen LogP contribution in [0.2, 0.25) is 5.02 Å². The van der Waals surface area contributed by atoms with E-state index >= 15 is 0 Å². The second kappa shape index (κ2) is 18.8. The Kier molecular flexibility index (Phi) is 16.8. The lowest BCUT2D eigenvalue weighted by Gasteiger charge is -2.19. The molecule has 0 aliphatic carbocycles. The van der Waals surface area contributed by atoms with Crippen LogP contribution >= 0.6 is 11.6 Å². The molecule has 33 heavy (non-hydrogen) atoms. The molecule has 1 amide bonds. The number of carbonyl (C=O) groups excluding carboxylic acids is 2. The Labute approximate surface area is 207 Å². The topological polar surface area (TPSA) is 55.4 Å². The van der Waals surface area contributed by atoms with Crippen molar-refractivity contribution in [1.29, 1.82) is 0 Å². The first-order chi connectivity index (χ1) is 16.0. The zero-order valence-electron chi connectivity index (χ0n) is 21.2. The summed E-state index contributed by atoms with van der Waals surface area (Å²) in [5.41, 5.74) is 0.372. The molecule has 5 heteroatoms. The van der Waals surface area contributed by atoms with E-state index < -0.39 is 6.04 Å². The van der Waals surface area contributed by atoms with E-state index in [1.165, 1.54) is 70.6 Å². The van der Waals surface area contributed by atoms with Crippen LogP contribution in [0.15, 0.2) is 24.3 Å². The van der Waals surface area contributed by atoms with Crippen LogP contribution in [0.5, 0.6) is 0 Å². The Bertz CT molecular complexity index is 662. The summed E-state index contributed by atoms with van der Waals surface area (Å²) in [6.07, 6.45) is 17.2. The number of halogens is 1. The van der Waals surface area contributed by atoms with Gasteiger partial charge in [-0.2, -0.15) is 0 Å². The third-order valence-electron chi connectivity index (χ3n) is 5.91. The highest BCUT2D eigenvalue weighted by atomic mass is 35.5. The molecule has 0 spiro atoms. The minimum absolute atomic E-state index is 0.255. The van der Waals surface area contributed by atoms with Gasteiger partial charge in [-0.3, -0.25) is 4.79 Å². The third-order valence-corrected chi connectivity index (χ3v) is 6.24. The van der Waals surface area contributed by atoms with Crippen LogP contribution in [-0.2, 0) is 9.53 Å². The number of benzene rings is 1. The zero-order valence-corrected chi connectivity index (χ0v) is 21.9. The van der Waals surface area contributed by atoms with E-state index in [1.54, 1.807) is 24.3 Å². The normalized spacial score (nSPS) is 12.0. The van der Waals surface area contributed by atoms with Gasteiger partial charge in [0.2, 0.25) is 0 Å². The Morgan fingerprint density at radius 3 is 1.88 bits per heavy atom. The molecular weight excluding hydrogens is 434 g/mol. The number of rotatable bonds is 19. The van der Waals surface area contributed by atoms with E-state index in [4.69, 9.17) is 16.3 Å². The van der Waals surface area contributed by atoms with Crippen molar-refractivity contribution in [2.75, 3.05) is 6.61 Å². The van der Waals surface area contributed by atoms with Crippen molar-refractivity contribution >= 4 is 23.5 Å². The average Bonchev–Trinajstić information content (AvgIpc) is 2.78. The van der Waals surface area contributed by atoms with Crippen molar-refractivity contribution in [1.82, 2.24) is 5.32 Å². The number of carbonyl (C=O) groups is 2. The van der Waals surface area contributed by atoms with Crippen LogP contribution in [0.4, 0.5) is 0 Å². The number of hydrogen-bond donors (Lipinski definition) is 1. The van der Waals surface area contributed by atoms with E-state index in [0.717, 1.165) is 12.8 Å². The lowest BCUT2D eigenvalue weighted by Crippen LogP contribution is -2.42. The summed E-state index contributed by atoms with van der Waals surface area (Å²) in [6.45, 7) is 6.72. The van der Waals surface area contributed by atoms with Gasteiger partial charge in [0.25, 0.3) is 5.91 Å². The monoisotopic (exact) mass is 479 g/mol. The predicted molar refractivity (Wildman–Crippen MR) is 139 cm³/mol. The third kappa shape index (κ3) is 14.3. The van der Waals surface area contributed by atoms with Gasteiger partial charge in [0.15, 0.2) is 0 Å². The summed E-state index contributed by atoms with van der Waals surface area (Å²) >= 11 is 6.11. The van der Waals surface area contributed by atoms with Crippen LogP contribution in [0.3, 0.4) is 0 Å². The number of hydrogen-bond acceptors (Lipinski definition) is 3. The Hall–Kier alpha value is -1.55. The maximum Gasteiger partial charge on any atom is 0.328 e. The quantitative estimate of drug-likeness (QED) is 0.161. The second-order valence-corrected chi connectivity index (χ2v) is 9.95. The van der Waals surface area contributed by atoms with Crippen molar-refractivity contribution in [2.24, 2.45) is 5.92 Å². The Morgan fingerprint density at radius 2 is 1.36 bits per heavy atom. The van der Waals surface area contributed by atoms with Crippen molar-refractivity contribution in [2.45, 2.75) is 117 Å². The molecule has 0 aromatic heterocycles. The Balaban J connectivity index is 2.17. The first-order valence-electron chi connectivity index (χ1n) is 13.2. The largest absolute Gasteiger partial charge is 0.464 e. The van der Waals surface area contributed by atoms with Crippen LogP contribution < -0.4 is 5.32 Å². The van der Waals surface area contributed by atoms with Crippen molar-refractivity contribution in [3.63, 3.8) is 0 Å². The lowest BCUT2D eigenvalue weighted by molar-refractivity contribution is -0.146. The number of ether oxygens (including phenoxy) is 1. The molecule has 0 radical (unpaired) electrons. The fraction of sp³-hybridized carbons (Fsp3) is 0.714. The van der Waals surface area contributed by atoms with Crippen molar-refractivity contribution < 1.29 is 14.3 Å². The zero-order chi connectivity index (χ0) is 24.3. The fourth-order valence-corrected chi connectivity index (χ4v) is 4.18. The van der Waals surface area contributed by atoms with Crippen LogP contribution in [0, 0.1) is 5.92 Å². The first kappa shape index (κ1) is 29.5. The molecule has 0 aliphatic rings. The minimum Gasteiger partial charge on any atom is -0.464 e. The van der Waals surface area contributed by atoms with Gasteiger partial charge >= 0.3 is 5.97 Å². The predicted octanol–water partition coefficient (Wildman–Crippen LogP) is 8.12. The summed E-state index contributed by atoms with van der Waals surface area (Å²) in [4.78, 5) is 25.1. The van der Waals surface area contributed by atoms with E-state index in [0.29, 0.717) is 23.6 Å². The Morgan fingerprint density at radius 1 is 0.848 bits per heavy atom. The SMILES string of the molecule is CCCCCCCCCCCCCCCOC(=O)C(CC(C)C)NC(=O)c1ccccc1Cl. The van der Waals surface area contributed by atoms with Gasteiger partial charge in [0, 0.05) is 0 Å². The first-order valence-corrected chi connectivity index (χ1v) is 13.6. The van der Waals surface area contributed by atoms with Gasteiger partial charge in [-0.1, -0.05) is 122 Å². The maximum atomic E-state index is 12.6. The molecule has 0 fully saturated rings. The lowest BCUT2D eigenvalue weighted by atomic mass is 10.0. The molecule has 4 nitrogen and oxygen atoms in total. The molecule has 1 atom stereocenters. The number of unbranched alkanes of at least 4 members (excludes halogenated alkanes) is 12. The molecule has 0 bridgehead atoms. The van der Waals surface area contributed by atoms with Gasteiger partial charge in [-0.15, -0.1) is 0 Å². The van der Waals surface area contributed by atoms with Gasteiger partial charge in [0.1, 0.15) is 6.04 Å². The number of nitrogens with one attached hydrogen (secondary N) is 1. The molecule has 0 aliphatic heterocycles. The minimum atomic E-state index is -0.657. The molecule has 188 valence electrons. The summed E-state index contributed by atoms with van der Waals surface area (Å²) in [5, 5.41) is 3.18. The molecule has 0 heterocycles. The summed E-state index contributed by atoms with van der Waals surface area (Å²) in [5.74, 6) is -0.447. The molecule has 1 unspecified atom stereocenters. The van der Waals surface area contributed by atoms with Crippen LogP contribution in [-0.4, -0.2) is 24.5 Å². The van der Waals surface area contributed by atoms with Gasteiger partial charge < -0.3 is 10.1 Å². The molecule has 1 rings (SSSR count). The van der Waals surface area contributed by atoms with Gasteiger partial charge in [-0.25, -0.2) is 4.79 Å². The van der Waals surface area contributed by atoms with Crippen molar-refractivity contribution in [3.8, 4) is 0 Å². The number of esters is 1. The maximum absolute atomic E-state index is 12.6. The van der Waals surface area contributed by atoms with E-state index in [-0.39, 0.29) is 17.8 Å². The highest BCUT2D eigenvalue weighted by Gasteiger charge is 2.24. The molecule has 0 saturated carbocycles. The van der Waals surface area contributed by atoms with Gasteiger partial charge in [-0.05, 0) is 30.9 Å². The molecule has 1 N–H and O–H groups in total. The molecular formula is C28H46ClNO3. The number of amides is 1. The molecule has 1 aromatic carbocycles. The summed E-state index contributed by atoms with van der Waals surface area (Å²) in [6, 6.07) is 6.19. The average molecular weight is 480 g/mol.